The van der Waals surface area contributed by atoms with E-state index >= 15 is 0 Å². The number of aliphatic hydroxyl groups excluding tert-OH is 1. The van der Waals surface area contributed by atoms with E-state index in [-0.39, 0.29) is 0 Å². The second kappa shape index (κ2) is 5.23. The molecule has 16 heavy (non-hydrogen) atoms. The Morgan fingerprint density at radius 3 is 2.44 bits per heavy atom. The zero-order chi connectivity index (χ0) is 11.4. The van der Waals surface area contributed by atoms with Gasteiger partial charge in [0.1, 0.15) is 5.78 Å². The van der Waals surface area contributed by atoms with Gasteiger partial charge in [-0.15, -0.1) is 0 Å². The Labute approximate surface area is 95.7 Å². The number of hydrogen-bond donors (Lipinski definition) is 1. The second-order valence-electron chi connectivity index (χ2n) is 4.27. The number of β-amino-alcohol motifs (C(OH)–C–C–N with tert-alkyl or cyclic N) is 1. The lowest BCUT2D eigenvalue weighted by molar-refractivity contribution is -0.121. The minimum absolute atomic E-state index is 0.338. The van der Waals surface area contributed by atoms with Crippen LogP contribution in [0.5, 0.6) is 0 Å². The molecule has 0 spiro atoms. The van der Waals surface area contributed by atoms with Crippen LogP contribution in [0, 0.1) is 0 Å². The highest BCUT2D eigenvalue weighted by Gasteiger charge is 2.19. The molecule has 1 unspecified atom stereocenters. The predicted octanol–water partition coefficient (Wildman–Crippen LogP) is 1.38. The van der Waals surface area contributed by atoms with Gasteiger partial charge in [0.25, 0.3) is 0 Å². The van der Waals surface area contributed by atoms with Crippen LogP contribution in [-0.4, -0.2) is 35.4 Å². The Morgan fingerprint density at radius 2 is 1.81 bits per heavy atom. The van der Waals surface area contributed by atoms with Crippen molar-refractivity contribution in [2.45, 2.75) is 18.9 Å². The first-order valence-corrected chi connectivity index (χ1v) is 5.73. The van der Waals surface area contributed by atoms with E-state index in [9.17, 15) is 9.90 Å². The maximum Gasteiger partial charge on any atom is 0.135 e. The molecule has 1 fully saturated rings. The molecule has 1 aliphatic heterocycles. The van der Waals surface area contributed by atoms with Crippen molar-refractivity contribution in [3.05, 3.63) is 35.9 Å². The topological polar surface area (TPSA) is 40.5 Å². The van der Waals surface area contributed by atoms with Crippen LogP contribution < -0.4 is 0 Å². The largest absolute Gasteiger partial charge is 0.387 e. The van der Waals surface area contributed by atoms with Crippen molar-refractivity contribution in [1.82, 2.24) is 4.90 Å². The lowest BCUT2D eigenvalue weighted by Gasteiger charge is -2.27. The second-order valence-corrected chi connectivity index (χ2v) is 4.27. The molecule has 1 aromatic carbocycles. The van der Waals surface area contributed by atoms with Gasteiger partial charge in [0, 0.05) is 32.5 Å². The molecular formula is C13H17NO2. The number of ketones is 1. The van der Waals surface area contributed by atoms with Crippen molar-refractivity contribution >= 4 is 5.78 Å². The van der Waals surface area contributed by atoms with Crippen LogP contribution in [-0.2, 0) is 4.79 Å². The number of carbonyl (C=O) groups is 1. The first-order chi connectivity index (χ1) is 7.75. The van der Waals surface area contributed by atoms with Gasteiger partial charge in [0.15, 0.2) is 0 Å². The zero-order valence-electron chi connectivity index (χ0n) is 9.30. The molecule has 1 aliphatic rings. The average molecular weight is 219 g/mol. The first kappa shape index (κ1) is 11.3. The van der Waals surface area contributed by atoms with Gasteiger partial charge in [-0.3, -0.25) is 9.69 Å². The number of benzene rings is 1. The molecule has 3 nitrogen and oxygen atoms in total. The molecule has 0 saturated carbocycles. The molecule has 1 saturated heterocycles. The number of likely N-dealkylation sites (tertiary alicyclic amines) is 1. The van der Waals surface area contributed by atoms with Gasteiger partial charge in [-0.2, -0.15) is 0 Å². The average Bonchev–Trinajstić information content (AvgIpc) is 2.33. The molecule has 0 bridgehead atoms. The maximum absolute atomic E-state index is 11.1. The number of rotatable bonds is 3. The summed E-state index contributed by atoms with van der Waals surface area (Å²) in [6.45, 7) is 2.18. The summed E-state index contributed by atoms with van der Waals surface area (Å²) in [5.41, 5.74) is 0.944. The third-order valence-corrected chi connectivity index (χ3v) is 3.03. The van der Waals surface area contributed by atoms with E-state index in [4.69, 9.17) is 0 Å². The summed E-state index contributed by atoms with van der Waals surface area (Å²) in [5.74, 6) is 0.338. The number of Topliss-reactive ketones (excluding diaryl/α,β-unsaturated/α-hetero) is 1. The fraction of sp³-hybridized carbons (Fsp3) is 0.462. The van der Waals surface area contributed by atoms with Crippen LogP contribution in [0.15, 0.2) is 30.3 Å². The lowest BCUT2D eigenvalue weighted by Crippen LogP contribution is -2.36. The molecule has 0 amide bonds. The van der Waals surface area contributed by atoms with Crippen LogP contribution in [0.25, 0.3) is 0 Å². The van der Waals surface area contributed by atoms with E-state index in [1.165, 1.54) is 0 Å². The Balaban J connectivity index is 1.88. The number of aliphatic hydroxyl groups is 1. The fourth-order valence-electron chi connectivity index (χ4n) is 2.01. The summed E-state index contributed by atoms with van der Waals surface area (Å²) in [6, 6.07) is 9.66. The van der Waals surface area contributed by atoms with Crippen molar-refractivity contribution < 1.29 is 9.90 Å². The molecule has 3 heteroatoms. The van der Waals surface area contributed by atoms with E-state index in [0.717, 1.165) is 18.7 Å². The number of nitrogens with zero attached hydrogens (tertiary/aromatic N) is 1. The molecule has 0 aromatic heterocycles. The summed E-state index contributed by atoms with van der Waals surface area (Å²) in [6.07, 6.45) is 0.803. The van der Waals surface area contributed by atoms with Crippen molar-refractivity contribution in [3.63, 3.8) is 0 Å². The van der Waals surface area contributed by atoms with Gasteiger partial charge in [0.05, 0.1) is 6.10 Å². The van der Waals surface area contributed by atoms with Gasteiger partial charge in [0.2, 0.25) is 0 Å². The quantitative estimate of drug-likeness (QED) is 0.835. The van der Waals surface area contributed by atoms with E-state index < -0.39 is 6.10 Å². The van der Waals surface area contributed by atoms with Crippen molar-refractivity contribution in [2.24, 2.45) is 0 Å². The molecule has 1 aromatic rings. The third-order valence-electron chi connectivity index (χ3n) is 3.03. The summed E-state index contributed by atoms with van der Waals surface area (Å²) in [7, 11) is 0. The van der Waals surface area contributed by atoms with Gasteiger partial charge >= 0.3 is 0 Å². The predicted molar refractivity (Wildman–Crippen MR) is 62.1 cm³/mol. The monoisotopic (exact) mass is 219 g/mol. The van der Waals surface area contributed by atoms with Crippen LogP contribution in [0.4, 0.5) is 0 Å². The Hall–Kier alpha value is -1.19. The van der Waals surface area contributed by atoms with E-state index in [2.05, 4.69) is 4.90 Å². The fourth-order valence-corrected chi connectivity index (χ4v) is 2.01. The number of piperidine rings is 1. The number of carbonyl (C=O) groups excluding carboxylic acids is 1. The Bertz CT molecular complexity index is 340. The van der Waals surface area contributed by atoms with Crippen LogP contribution in [0.3, 0.4) is 0 Å². The standard InChI is InChI=1S/C13H17NO2/c15-12-6-8-14(9-7-12)10-13(16)11-4-2-1-3-5-11/h1-5,13,16H,6-10H2. The van der Waals surface area contributed by atoms with Crippen LogP contribution >= 0.6 is 0 Å². The van der Waals surface area contributed by atoms with Crippen LogP contribution in [0.1, 0.15) is 24.5 Å². The minimum Gasteiger partial charge on any atom is -0.387 e. The molecule has 1 atom stereocenters. The SMILES string of the molecule is O=C1CCN(CC(O)c2ccccc2)CC1. The summed E-state index contributed by atoms with van der Waals surface area (Å²) < 4.78 is 0. The van der Waals surface area contributed by atoms with Crippen molar-refractivity contribution in [2.75, 3.05) is 19.6 Å². The Morgan fingerprint density at radius 1 is 1.19 bits per heavy atom. The van der Waals surface area contributed by atoms with Crippen molar-refractivity contribution in [3.8, 4) is 0 Å². The number of hydrogen-bond acceptors (Lipinski definition) is 3. The molecular weight excluding hydrogens is 202 g/mol. The summed E-state index contributed by atoms with van der Waals surface area (Å²) in [5, 5.41) is 10.0. The van der Waals surface area contributed by atoms with Gasteiger partial charge in [-0.25, -0.2) is 0 Å². The van der Waals surface area contributed by atoms with Gasteiger partial charge in [-0.1, -0.05) is 30.3 Å². The molecule has 0 aliphatic carbocycles. The smallest absolute Gasteiger partial charge is 0.135 e. The summed E-state index contributed by atoms with van der Waals surface area (Å²) in [4.78, 5) is 13.2. The summed E-state index contributed by atoms with van der Waals surface area (Å²) >= 11 is 0. The first-order valence-electron chi connectivity index (χ1n) is 5.73. The van der Waals surface area contributed by atoms with E-state index in [1.54, 1.807) is 0 Å². The van der Waals surface area contributed by atoms with Gasteiger partial charge in [-0.05, 0) is 5.56 Å². The normalized spacial score (nSPS) is 19.7. The highest BCUT2D eigenvalue weighted by Crippen LogP contribution is 2.15. The van der Waals surface area contributed by atoms with Crippen molar-refractivity contribution in [1.29, 1.82) is 0 Å². The molecule has 2 rings (SSSR count). The highest BCUT2D eigenvalue weighted by molar-refractivity contribution is 5.79. The van der Waals surface area contributed by atoms with E-state index in [1.807, 2.05) is 30.3 Å². The lowest BCUT2D eigenvalue weighted by atomic mass is 10.1. The molecule has 86 valence electrons. The van der Waals surface area contributed by atoms with Gasteiger partial charge < -0.3 is 5.11 Å². The molecule has 1 heterocycles. The minimum atomic E-state index is -0.450. The van der Waals surface area contributed by atoms with E-state index in [0.29, 0.717) is 25.2 Å². The third kappa shape index (κ3) is 2.90. The maximum atomic E-state index is 11.1. The molecule has 1 N–H and O–H groups in total. The Kier molecular flexibility index (Phi) is 3.70. The highest BCUT2D eigenvalue weighted by atomic mass is 16.3. The molecule has 0 radical (unpaired) electrons. The van der Waals surface area contributed by atoms with Crippen LogP contribution in [0.2, 0.25) is 0 Å². The zero-order valence-corrected chi connectivity index (χ0v) is 9.30.